The number of amides is 1. The van der Waals surface area contributed by atoms with Gasteiger partial charge in [0.25, 0.3) is 5.91 Å². The molecule has 0 spiro atoms. The number of nitrogens with zero attached hydrogens (tertiary/aromatic N) is 3. The number of hydrogen-bond donors (Lipinski definition) is 1. The van der Waals surface area contributed by atoms with Crippen LogP contribution in [0.15, 0.2) is 42.6 Å². The van der Waals surface area contributed by atoms with E-state index in [-0.39, 0.29) is 5.91 Å². The van der Waals surface area contributed by atoms with Crippen LogP contribution in [0.1, 0.15) is 17.3 Å². The highest BCUT2D eigenvalue weighted by Crippen LogP contribution is 2.17. The van der Waals surface area contributed by atoms with Crippen LogP contribution in [0.2, 0.25) is 5.02 Å². The second kappa shape index (κ2) is 7.64. The SMILES string of the molecule is CCN1CCN(c2ccc(NC(=O)c3ccc(Cl)cc3)cn2)CC1. The highest BCUT2D eigenvalue weighted by molar-refractivity contribution is 6.30. The highest BCUT2D eigenvalue weighted by atomic mass is 35.5. The maximum atomic E-state index is 12.2. The number of likely N-dealkylation sites (N-methyl/N-ethyl adjacent to an activating group) is 1. The van der Waals surface area contributed by atoms with Crippen molar-refractivity contribution < 1.29 is 4.79 Å². The van der Waals surface area contributed by atoms with E-state index < -0.39 is 0 Å². The molecule has 0 aliphatic carbocycles. The van der Waals surface area contributed by atoms with Crippen molar-refractivity contribution in [3.05, 3.63) is 53.2 Å². The van der Waals surface area contributed by atoms with E-state index >= 15 is 0 Å². The lowest BCUT2D eigenvalue weighted by molar-refractivity contribution is 0.102. The van der Waals surface area contributed by atoms with Crippen molar-refractivity contribution in [3.63, 3.8) is 0 Å². The Balaban J connectivity index is 1.60. The fourth-order valence-corrected chi connectivity index (χ4v) is 2.87. The topological polar surface area (TPSA) is 48.5 Å². The van der Waals surface area contributed by atoms with Gasteiger partial charge in [-0.15, -0.1) is 0 Å². The molecule has 1 aromatic carbocycles. The number of hydrogen-bond acceptors (Lipinski definition) is 4. The van der Waals surface area contributed by atoms with E-state index in [0.29, 0.717) is 16.3 Å². The third-order valence-electron chi connectivity index (χ3n) is 4.26. The molecule has 0 saturated carbocycles. The predicted octanol–water partition coefficient (Wildman–Crippen LogP) is 3.13. The number of rotatable bonds is 4. The third kappa shape index (κ3) is 4.04. The number of piperazine rings is 1. The van der Waals surface area contributed by atoms with E-state index in [1.165, 1.54) is 0 Å². The Kier molecular flexibility index (Phi) is 5.33. The molecule has 0 radical (unpaired) electrons. The van der Waals surface area contributed by atoms with Crippen LogP contribution in [0, 0.1) is 0 Å². The maximum absolute atomic E-state index is 12.2. The van der Waals surface area contributed by atoms with Gasteiger partial charge in [0, 0.05) is 36.8 Å². The average molecular weight is 345 g/mol. The first-order chi connectivity index (χ1) is 11.7. The Bertz CT molecular complexity index is 679. The lowest BCUT2D eigenvalue weighted by atomic mass is 10.2. The molecule has 0 atom stereocenters. The molecule has 1 N–H and O–H groups in total. The van der Waals surface area contributed by atoms with Crippen molar-refractivity contribution in [2.24, 2.45) is 0 Å². The molecule has 5 nitrogen and oxygen atoms in total. The number of carbonyl (C=O) groups is 1. The molecule has 0 bridgehead atoms. The van der Waals surface area contributed by atoms with Crippen LogP contribution in [0.3, 0.4) is 0 Å². The van der Waals surface area contributed by atoms with Crippen molar-refractivity contribution in [2.75, 3.05) is 42.9 Å². The van der Waals surface area contributed by atoms with Crippen LogP contribution in [-0.2, 0) is 0 Å². The molecule has 6 heteroatoms. The fraction of sp³-hybridized carbons (Fsp3) is 0.333. The molecule has 1 saturated heterocycles. The summed E-state index contributed by atoms with van der Waals surface area (Å²) in [6, 6.07) is 10.7. The molecular formula is C18H21ClN4O. The van der Waals surface area contributed by atoms with Gasteiger partial charge in [0.1, 0.15) is 5.82 Å². The van der Waals surface area contributed by atoms with E-state index in [1.807, 2.05) is 12.1 Å². The van der Waals surface area contributed by atoms with Gasteiger partial charge in [-0.3, -0.25) is 4.79 Å². The summed E-state index contributed by atoms with van der Waals surface area (Å²) in [7, 11) is 0. The number of benzene rings is 1. The summed E-state index contributed by atoms with van der Waals surface area (Å²) < 4.78 is 0. The van der Waals surface area contributed by atoms with Crippen LogP contribution in [0.4, 0.5) is 11.5 Å². The van der Waals surface area contributed by atoms with E-state index in [1.54, 1.807) is 30.5 Å². The summed E-state index contributed by atoms with van der Waals surface area (Å²) in [6.45, 7) is 7.37. The first-order valence-electron chi connectivity index (χ1n) is 8.16. The Morgan fingerprint density at radius 2 is 1.83 bits per heavy atom. The number of halogens is 1. The third-order valence-corrected chi connectivity index (χ3v) is 4.51. The Morgan fingerprint density at radius 3 is 2.42 bits per heavy atom. The molecule has 1 aliphatic rings. The molecule has 1 fully saturated rings. The van der Waals surface area contributed by atoms with Crippen LogP contribution in [-0.4, -0.2) is 48.5 Å². The maximum Gasteiger partial charge on any atom is 0.255 e. The summed E-state index contributed by atoms with van der Waals surface area (Å²) in [6.07, 6.45) is 1.70. The number of nitrogens with one attached hydrogen (secondary N) is 1. The number of pyridine rings is 1. The molecule has 0 unspecified atom stereocenters. The number of aromatic nitrogens is 1. The van der Waals surface area contributed by atoms with Crippen molar-refractivity contribution in [1.82, 2.24) is 9.88 Å². The quantitative estimate of drug-likeness (QED) is 0.925. The summed E-state index contributed by atoms with van der Waals surface area (Å²) in [5, 5.41) is 3.46. The van der Waals surface area contributed by atoms with Crippen molar-refractivity contribution in [3.8, 4) is 0 Å². The first kappa shape index (κ1) is 16.7. The standard InChI is InChI=1S/C18H21ClN4O/c1-2-22-9-11-23(12-10-22)17-8-7-16(13-20-17)21-18(24)14-3-5-15(19)6-4-14/h3-8,13H,2,9-12H2,1H3,(H,21,24). The molecule has 24 heavy (non-hydrogen) atoms. The van der Waals surface area contributed by atoms with Crippen molar-refractivity contribution >= 4 is 29.0 Å². The normalized spacial score (nSPS) is 15.3. The lowest BCUT2D eigenvalue weighted by Crippen LogP contribution is -2.46. The van der Waals surface area contributed by atoms with Crippen molar-refractivity contribution in [2.45, 2.75) is 6.92 Å². The molecule has 126 valence electrons. The number of carbonyl (C=O) groups excluding carboxylic acids is 1. The molecule has 1 aromatic heterocycles. The number of anilines is 2. The minimum Gasteiger partial charge on any atom is -0.354 e. The van der Waals surface area contributed by atoms with Gasteiger partial charge in [-0.25, -0.2) is 4.98 Å². The second-order valence-electron chi connectivity index (χ2n) is 5.79. The van der Waals surface area contributed by atoms with Gasteiger partial charge in [-0.1, -0.05) is 18.5 Å². The molecule has 1 amide bonds. The van der Waals surface area contributed by atoms with Gasteiger partial charge in [0.05, 0.1) is 11.9 Å². The van der Waals surface area contributed by atoms with E-state index in [0.717, 1.165) is 38.5 Å². The summed E-state index contributed by atoms with van der Waals surface area (Å²) in [5.74, 6) is 0.785. The van der Waals surface area contributed by atoms with E-state index in [4.69, 9.17) is 11.6 Å². The molecular weight excluding hydrogens is 324 g/mol. The Hall–Kier alpha value is -2.11. The average Bonchev–Trinajstić information content (AvgIpc) is 2.63. The van der Waals surface area contributed by atoms with Gasteiger partial charge in [0.2, 0.25) is 0 Å². The minimum atomic E-state index is -0.169. The van der Waals surface area contributed by atoms with Gasteiger partial charge >= 0.3 is 0 Å². The largest absolute Gasteiger partial charge is 0.354 e. The van der Waals surface area contributed by atoms with Gasteiger partial charge in [-0.05, 0) is 42.9 Å². The van der Waals surface area contributed by atoms with Crippen LogP contribution >= 0.6 is 11.6 Å². The first-order valence-corrected chi connectivity index (χ1v) is 8.54. The monoisotopic (exact) mass is 344 g/mol. The zero-order valence-corrected chi connectivity index (χ0v) is 14.5. The smallest absolute Gasteiger partial charge is 0.255 e. The van der Waals surface area contributed by atoms with Crippen LogP contribution < -0.4 is 10.2 Å². The zero-order valence-electron chi connectivity index (χ0n) is 13.7. The molecule has 3 rings (SSSR count). The Labute approximate surface area is 147 Å². The van der Waals surface area contributed by atoms with Gasteiger partial charge < -0.3 is 15.1 Å². The van der Waals surface area contributed by atoms with Crippen LogP contribution in [0.5, 0.6) is 0 Å². The summed E-state index contributed by atoms with van der Waals surface area (Å²) >= 11 is 5.84. The Morgan fingerprint density at radius 1 is 1.12 bits per heavy atom. The summed E-state index contributed by atoms with van der Waals surface area (Å²) in [5.41, 5.74) is 1.25. The lowest BCUT2D eigenvalue weighted by Gasteiger charge is -2.34. The molecule has 1 aliphatic heterocycles. The molecule has 2 aromatic rings. The molecule has 2 heterocycles. The minimum absolute atomic E-state index is 0.169. The van der Waals surface area contributed by atoms with Crippen LogP contribution in [0.25, 0.3) is 0 Å². The van der Waals surface area contributed by atoms with E-state index in [9.17, 15) is 4.79 Å². The summed E-state index contributed by atoms with van der Waals surface area (Å²) in [4.78, 5) is 21.4. The van der Waals surface area contributed by atoms with E-state index in [2.05, 4.69) is 27.0 Å². The van der Waals surface area contributed by atoms with Crippen molar-refractivity contribution in [1.29, 1.82) is 0 Å². The second-order valence-corrected chi connectivity index (χ2v) is 6.22. The highest BCUT2D eigenvalue weighted by Gasteiger charge is 2.16. The zero-order chi connectivity index (χ0) is 16.9. The predicted molar refractivity (Wildman–Crippen MR) is 98.0 cm³/mol. The van der Waals surface area contributed by atoms with Gasteiger partial charge in [0.15, 0.2) is 0 Å². The fourth-order valence-electron chi connectivity index (χ4n) is 2.74. The van der Waals surface area contributed by atoms with Gasteiger partial charge in [-0.2, -0.15) is 0 Å².